The Morgan fingerprint density at radius 3 is 2.76 bits per heavy atom. The molecule has 2 heterocycles. The zero-order valence-electron chi connectivity index (χ0n) is 13.8. The lowest BCUT2D eigenvalue weighted by Gasteiger charge is -2.20. The number of benzene rings is 1. The van der Waals surface area contributed by atoms with Gasteiger partial charge in [-0.05, 0) is 30.7 Å². The van der Waals surface area contributed by atoms with E-state index in [0.29, 0.717) is 17.8 Å². The molecule has 1 fully saturated rings. The Balaban J connectivity index is 1.84. The third kappa shape index (κ3) is 3.53. The van der Waals surface area contributed by atoms with Crippen LogP contribution in [-0.4, -0.2) is 38.8 Å². The topological polar surface area (TPSA) is 112 Å². The first-order chi connectivity index (χ1) is 11.8. The molecule has 2 aromatic rings. The van der Waals surface area contributed by atoms with Gasteiger partial charge in [0.2, 0.25) is 0 Å². The van der Waals surface area contributed by atoms with Crippen LogP contribution in [0.4, 0.5) is 11.5 Å². The molecule has 0 unspecified atom stereocenters. The van der Waals surface area contributed by atoms with Gasteiger partial charge in [-0.3, -0.25) is 4.79 Å². The van der Waals surface area contributed by atoms with Gasteiger partial charge in [0.25, 0.3) is 5.91 Å². The molecule has 1 amide bonds. The van der Waals surface area contributed by atoms with Crippen molar-refractivity contribution >= 4 is 40.9 Å². The molecule has 1 aliphatic heterocycles. The van der Waals surface area contributed by atoms with E-state index in [1.807, 2.05) is 29.8 Å². The smallest absolute Gasteiger partial charge is 0.326 e. The number of phenols is 1. The van der Waals surface area contributed by atoms with Gasteiger partial charge in [0.05, 0.1) is 5.69 Å². The summed E-state index contributed by atoms with van der Waals surface area (Å²) in [5, 5.41) is 13.5. The Labute approximate surface area is 146 Å². The summed E-state index contributed by atoms with van der Waals surface area (Å²) in [5.41, 5.74) is 2.30. The number of hydrogen-bond acceptors (Lipinski definition) is 6. The number of phenolic OH excluding ortho intramolecular Hbond substituents is 1. The first-order valence-corrected chi connectivity index (χ1v) is 9.03. The molecule has 10 heteroatoms. The summed E-state index contributed by atoms with van der Waals surface area (Å²) in [6, 6.07) is 8.85. The number of aromatic hydroxyl groups is 1. The van der Waals surface area contributed by atoms with Gasteiger partial charge in [0, 0.05) is 12.2 Å². The number of amides is 1. The van der Waals surface area contributed by atoms with E-state index >= 15 is 0 Å². The third-order valence-corrected chi connectivity index (χ3v) is 5.15. The van der Waals surface area contributed by atoms with E-state index in [9.17, 15) is 18.3 Å². The van der Waals surface area contributed by atoms with Gasteiger partial charge in [0.1, 0.15) is 26.0 Å². The number of rotatable bonds is 4. The maximum absolute atomic E-state index is 12.0. The van der Waals surface area contributed by atoms with Crippen LogP contribution in [0.5, 0.6) is 5.75 Å². The zero-order valence-corrected chi connectivity index (χ0v) is 14.6. The molecule has 3 rings (SSSR count). The molecule has 0 bridgehead atoms. The number of aromatic nitrogens is 1. The van der Waals surface area contributed by atoms with Crippen molar-refractivity contribution in [2.75, 3.05) is 16.2 Å². The number of carbonyl (C=O) groups excluding carboxylic acids is 1. The summed E-state index contributed by atoms with van der Waals surface area (Å²) in [7, 11) is -2.28. The highest BCUT2D eigenvalue weighted by atomic mass is 32.2. The van der Waals surface area contributed by atoms with Crippen molar-refractivity contribution in [2.24, 2.45) is 0 Å². The van der Waals surface area contributed by atoms with Crippen LogP contribution in [0.2, 0.25) is 0 Å². The lowest BCUT2D eigenvalue weighted by molar-refractivity contribution is -0.117. The lowest BCUT2D eigenvalue weighted by Crippen LogP contribution is -2.33. The van der Waals surface area contributed by atoms with E-state index < -0.39 is 16.1 Å². The summed E-state index contributed by atoms with van der Waals surface area (Å²) >= 11 is 0. The monoisotopic (exact) mass is 360 g/mol. The second kappa shape index (κ2) is 6.28. The SMILES string of the molecule is Bc1cc(CNc2cccc(C)n2)cc(O)c1N1CC(=O)NS1(=O)=O. The molecule has 1 aliphatic rings. The number of nitrogens with one attached hydrogen (secondary N) is 2. The van der Waals surface area contributed by atoms with Crippen molar-refractivity contribution in [1.29, 1.82) is 0 Å². The van der Waals surface area contributed by atoms with Crippen LogP contribution in [0.25, 0.3) is 0 Å². The first kappa shape index (κ1) is 17.1. The zero-order chi connectivity index (χ0) is 18.2. The molecule has 1 aromatic heterocycles. The minimum absolute atomic E-state index is 0.107. The number of hydrogen-bond donors (Lipinski definition) is 3. The van der Waals surface area contributed by atoms with Crippen molar-refractivity contribution in [3.63, 3.8) is 0 Å². The molecule has 1 saturated heterocycles. The highest BCUT2D eigenvalue weighted by Crippen LogP contribution is 2.29. The Kier molecular flexibility index (Phi) is 4.29. The van der Waals surface area contributed by atoms with Gasteiger partial charge in [0.15, 0.2) is 0 Å². The van der Waals surface area contributed by atoms with Crippen LogP contribution in [0.15, 0.2) is 30.3 Å². The fourth-order valence-corrected chi connectivity index (χ4v) is 3.97. The van der Waals surface area contributed by atoms with Crippen LogP contribution in [0.3, 0.4) is 0 Å². The quantitative estimate of drug-likeness (QED) is 0.613. The van der Waals surface area contributed by atoms with E-state index in [0.717, 1.165) is 15.6 Å². The number of aryl methyl sites for hydroxylation is 1. The molecule has 0 aliphatic carbocycles. The largest absolute Gasteiger partial charge is 0.506 e. The third-order valence-electron chi connectivity index (χ3n) is 3.77. The summed E-state index contributed by atoms with van der Waals surface area (Å²) < 4.78 is 26.7. The Morgan fingerprint density at radius 1 is 1.40 bits per heavy atom. The summed E-state index contributed by atoms with van der Waals surface area (Å²) in [6.45, 7) is 1.96. The van der Waals surface area contributed by atoms with Gasteiger partial charge in [-0.2, -0.15) is 8.42 Å². The van der Waals surface area contributed by atoms with Crippen molar-refractivity contribution in [2.45, 2.75) is 13.5 Å². The van der Waals surface area contributed by atoms with Gasteiger partial charge in [-0.15, -0.1) is 0 Å². The van der Waals surface area contributed by atoms with E-state index in [1.54, 1.807) is 13.9 Å². The highest BCUT2D eigenvalue weighted by molar-refractivity contribution is 7.92. The maximum Gasteiger partial charge on any atom is 0.326 e. The fourth-order valence-electron chi connectivity index (χ4n) is 2.74. The van der Waals surface area contributed by atoms with Crippen LogP contribution >= 0.6 is 0 Å². The second-order valence-electron chi connectivity index (χ2n) is 5.84. The Bertz CT molecular complexity index is 925. The van der Waals surface area contributed by atoms with Crippen molar-refractivity contribution in [3.05, 3.63) is 41.6 Å². The summed E-state index contributed by atoms with van der Waals surface area (Å²) in [4.78, 5) is 15.7. The molecule has 1 aromatic carbocycles. The van der Waals surface area contributed by atoms with Crippen LogP contribution in [0.1, 0.15) is 11.3 Å². The first-order valence-electron chi connectivity index (χ1n) is 7.59. The number of anilines is 2. The molecule has 8 nitrogen and oxygen atoms in total. The fraction of sp³-hybridized carbons (Fsp3) is 0.200. The van der Waals surface area contributed by atoms with Crippen molar-refractivity contribution in [3.8, 4) is 5.75 Å². The van der Waals surface area contributed by atoms with E-state index in [-0.39, 0.29) is 18.0 Å². The molecule has 0 atom stereocenters. The average molecular weight is 360 g/mol. The van der Waals surface area contributed by atoms with Gasteiger partial charge < -0.3 is 10.4 Å². The molecule has 0 spiro atoms. The second-order valence-corrected chi connectivity index (χ2v) is 7.43. The number of carbonyl (C=O) groups is 1. The van der Waals surface area contributed by atoms with Gasteiger partial charge in [-0.1, -0.05) is 17.6 Å². The Morgan fingerprint density at radius 2 is 2.16 bits per heavy atom. The molecule has 130 valence electrons. The van der Waals surface area contributed by atoms with Gasteiger partial charge >= 0.3 is 10.2 Å². The maximum atomic E-state index is 12.0. The number of pyridine rings is 1. The summed E-state index contributed by atoms with van der Waals surface area (Å²) in [6.07, 6.45) is 0. The van der Waals surface area contributed by atoms with Crippen LogP contribution < -0.4 is 19.8 Å². The van der Waals surface area contributed by atoms with Crippen molar-refractivity contribution < 1.29 is 18.3 Å². The predicted octanol–water partition coefficient (Wildman–Crippen LogP) is -0.853. The molecule has 25 heavy (non-hydrogen) atoms. The molecule has 0 saturated carbocycles. The minimum Gasteiger partial charge on any atom is -0.506 e. The Hall–Kier alpha value is -2.75. The number of nitrogens with zero attached hydrogens (tertiary/aromatic N) is 2. The van der Waals surface area contributed by atoms with E-state index in [2.05, 4.69) is 10.3 Å². The standard InChI is InChI=1S/C15H17BN4O4S/c1-9-3-2-4-13(18-9)17-7-10-5-11(16)15(12(21)6-10)20-8-14(22)19-25(20,23)24/h2-6,21H,7-8,16H2,1H3,(H,17,18)(H,19,22). The minimum atomic E-state index is -3.96. The lowest BCUT2D eigenvalue weighted by atomic mass is 9.91. The highest BCUT2D eigenvalue weighted by Gasteiger charge is 2.36. The average Bonchev–Trinajstić information content (AvgIpc) is 2.77. The molecule has 3 N–H and O–H groups in total. The molecular formula is C15H17BN4O4S. The predicted molar refractivity (Wildman–Crippen MR) is 97.0 cm³/mol. The van der Waals surface area contributed by atoms with Crippen LogP contribution in [-0.2, 0) is 21.5 Å². The summed E-state index contributed by atoms with van der Waals surface area (Å²) in [5.74, 6) is -0.123. The normalized spacial score (nSPS) is 15.9. The van der Waals surface area contributed by atoms with E-state index in [4.69, 9.17) is 0 Å². The molecule has 0 radical (unpaired) electrons. The molecular weight excluding hydrogens is 343 g/mol. The van der Waals surface area contributed by atoms with Crippen molar-refractivity contribution in [1.82, 2.24) is 9.71 Å². The van der Waals surface area contributed by atoms with Crippen LogP contribution in [0, 0.1) is 6.92 Å². The van der Waals surface area contributed by atoms with E-state index in [1.165, 1.54) is 6.07 Å². The van der Waals surface area contributed by atoms with Gasteiger partial charge in [-0.25, -0.2) is 14.0 Å².